The molecule has 5 nitrogen and oxygen atoms in total. The van der Waals surface area contributed by atoms with Gasteiger partial charge in [0, 0.05) is 12.1 Å². The number of nitrogens with zero attached hydrogens (tertiary/aromatic N) is 2. The second-order valence-electron chi connectivity index (χ2n) is 5.94. The van der Waals surface area contributed by atoms with E-state index < -0.39 is 4.92 Å². The Bertz CT molecular complexity index is 1070. The lowest BCUT2D eigenvalue weighted by Gasteiger charge is -2.09. The number of hydrogen-bond donors (Lipinski definition) is 0. The van der Waals surface area contributed by atoms with Crippen LogP contribution in [0.3, 0.4) is 0 Å². The molecule has 0 bridgehead atoms. The summed E-state index contributed by atoms with van der Waals surface area (Å²) in [6.07, 6.45) is 1.71. The molecular formula is C22H15IN2O3. The summed E-state index contributed by atoms with van der Waals surface area (Å²) in [6.45, 7) is 0.475. The van der Waals surface area contributed by atoms with Gasteiger partial charge in [-0.15, -0.1) is 0 Å². The van der Waals surface area contributed by atoms with Crippen molar-refractivity contribution in [1.82, 2.24) is 0 Å². The van der Waals surface area contributed by atoms with Crippen molar-refractivity contribution >= 4 is 39.9 Å². The van der Waals surface area contributed by atoms with Crippen LogP contribution in [0.25, 0.3) is 11.6 Å². The van der Waals surface area contributed by atoms with E-state index in [2.05, 4.69) is 28.7 Å². The molecule has 0 unspecified atom stereocenters. The van der Waals surface area contributed by atoms with Crippen LogP contribution in [-0.4, -0.2) is 4.92 Å². The van der Waals surface area contributed by atoms with Crippen LogP contribution in [0.1, 0.15) is 16.7 Å². The van der Waals surface area contributed by atoms with Gasteiger partial charge in [-0.25, -0.2) is 0 Å². The van der Waals surface area contributed by atoms with Crippen molar-refractivity contribution < 1.29 is 9.66 Å². The minimum Gasteiger partial charge on any atom is -0.488 e. The van der Waals surface area contributed by atoms with Gasteiger partial charge in [0.2, 0.25) is 0 Å². The second-order valence-corrected chi connectivity index (χ2v) is 7.10. The molecule has 28 heavy (non-hydrogen) atoms. The molecule has 0 aromatic heterocycles. The van der Waals surface area contributed by atoms with E-state index >= 15 is 0 Å². The molecule has 0 radical (unpaired) electrons. The van der Waals surface area contributed by atoms with Crippen LogP contribution in [0.5, 0.6) is 5.75 Å². The van der Waals surface area contributed by atoms with Gasteiger partial charge >= 0.3 is 0 Å². The average Bonchev–Trinajstić information content (AvgIpc) is 2.72. The normalized spacial score (nSPS) is 10.9. The zero-order chi connectivity index (χ0) is 19.9. The Morgan fingerprint density at radius 1 is 1.11 bits per heavy atom. The smallest absolute Gasteiger partial charge is 0.270 e. The van der Waals surface area contributed by atoms with Crippen LogP contribution >= 0.6 is 22.6 Å². The minimum atomic E-state index is -0.472. The van der Waals surface area contributed by atoms with E-state index in [1.165, 1.54) is 12.1 Å². The molecule has 138 valence electrons. The molecule has 0 spiro atoms. The number of rotatable bonds is 6. The van der Waals surface area contributed by atoms with E-state index in [0.29, 0.717) is 17.7 Å². The van der Waals surface area contributed by atoms with Crippen molar-refractivity contribution in [2.75, 3.05) is 0 Å². The van der Waals surface area contributed by atoms with Gasteiger partial charge in [0.05, 0.1) is 20.1 Å². The number of benzene rings is 3. The molecule has 3 aromatic carbocycles. The lowest BCUT2D eigenvalue weighted by atomic mass is 10.0. The molecule has 3 rings (SSSR count). The van der Waals surface area contributed by atoms with Gasteiger partial charge in [-0.05, 0) is 57.5 Å². The first kappa shape index (κ1) is 19.6. The van der Waals surface area contributed by atoms with Crippen LogP contribution in [0.15, 0.2) is 72.8 Å². The largest absolute Gasteiger partial charge is 0.488 e. The molecule has 3 aromatic rings. The molecule has 0 aliphatic rings. The minimum absolute atomic E-state index is 0.0436. The van der Waals surface area contributed by atoms with Crippen LogP contribution < -0.4 is 4.74 Å². The van der Waals surface area contributed by atoms with Gasteiger partial charge in [0.15, 0.2) is 0 Å². The Hall–Kier alpha value is -3.18. The zero-order valence-corrected chi connectivity index (χ0v) is 16.9. The number of nitro benzene ring substituents is 1. The van der Waals surface area contributed by atoms with E-state index in [1.54, 1.807) is 18.2 Å². The third-order valence-corrected chi connectivity index (χ3v) is 4.84. The van der Waals surface area contributed by atoms with Crippen LogP contribution in [0.2, 0.25) is 0 Å². The Labute approximate surface area is 176 Å². The van der Waals surface area contributed by atoms with Gasteiger partial charge in [-0.1, -0.05) is 48.5 Å². The highest BCUT2D eigenvalue weighted by Gasteiger charge is 2.09. The van der Waals surface area contributed by atoms with Crippen LogP contribution in [0, 0.1) is 25.0 Å². The fraction of sp³-hybridized carbons (Fsp3) is 0.0455. The highest BCUT2D eigenvalue weighted by Crippen LogP contribution is 2.26. The SMILES string of the molecule is N#CC(=Cc1ccc(OCc2ccccc2)c(I)c1)c1cccc([N+](=O)[O-])c1. The maximum atomic E-state index is 11.0. The number of non-ortho nitro benzene ring substituents is 1. The van der Waals surface area contributed by atoms with E-state index in [-0.39, 0.29) is 5.69 Å². The van der Waals surface area contributed by atoms with Crippen molar-refractivity contribution in [3.63, 3.8) is 0 Å². The summed E-state index contributed by atoms with van der Waals surface area (Å²) in [5, 5.41) is 20.4. The van der Waals surface area contributed by atoms with Crippen molar-refractivity contribution in [1.29, 1.82) is 5.26 Å². The summed E-state index contributed by atoms with van der Waals surface area (Å²) in [5.41, 5.74) is 2.73. The molecule has 0 heterocycles. The number of hydrogen-bond acceptors (Lipinski definition) is 4. The molecule has 0 saturated heterocycles. The quantitative estimate of drug-likeness (QED) is 0.145. The number of nitro groups is 1. The first-order chi connectivity index (χ1) is 13.6. The number of allylic oxidation sites excluding steroid dienone is 1. The molecule has 0 saturated carbocycles. The number of ether oxygens (including phenoxy) is 1. The van der Waals surface area contributed by atoms with E-state index in [9.17, 15) is 15.4 Å². The van der Waals surface area contributed by atoms with Crippen molar-refractivity contribution in [3.8, 4) is 11.8 Å². The summed E-state index contributed by atoms with van der Waals surface area (Å²) in [4.78, 5) is 10.5. The monoisotopic (exact) mass is 482 g/mol. The fourth-order valence-electron chi connectivity index (χ4n) is 2.59. The van der Waals surface area contributed by atoms with Crippen LogP contribution in [0.4, 0.5) is 5.69 Å². The van der Waals surface area contributed by atoms with Crippen molar-refractivity contribution in [2.45, 2.75) is 6.61 Å². The maximum absolute atomic E-state index is 11.0. The maximum Gasteiger partial charge on any atom is 0.270 e. The van der Waals surface area contributed by atoms with Gasteiger partial charge in [0.1, 0.15) is 12.4 Å². The Morgan fingerprint density at radius 3 is 2.57 bits per heavy atom. The Kier molecular flexibility index (Phi) is 6.40. The summed E-state index contributed by atoms with van der Waals surface area (Å²) in [7, 11) is 0. The lowest BCUT2D eigenvalue weighted by Crippen LogP contribution is -1.97. The Balaban J connectivity index is 1.81. The predicted octanol–water partition coefficient (Wildman–Crippen LogP) is 5.84. The van der Waals surface area contributed by atoms with Gasteiger partial charge in [0.25, 0.3) is 5.69 Å². The first-order valence-corrected chi connectivity index (χ1v) is 9.47. The van der Waals surface area contributed by atoms with Gasteiger partial charge < -0.3 is 4.74 Å². The molecule has 0 atom stereocenters. The number of nitriles is 1. The molecule has 0 N–H and O–H groups in total. The Morgan fingerprint density at radius 2 is 1.89 bits per heavy atom. The summed E-state index contributed by atoms with van der Waals surface area (Å²) in [5.74, 6) is 0.760. The molecule has 0 amide bonds. The third-order valence-electron chi connectivity index (χ3n) is 3.99. The summed E-state index contributed by atoms with van der Waals surface area (Å²) >= 11 is 2.19. The summed E-state index contributed by atoms with van der Waals surface area (Å²) < 4.78 is 6.78. The van der Waals surface area contributed by atoms with Gasteiger partial charge in [-0.3, -0.25) is 10.1 Å². The zero-order valence-electron chi connectivity index (χ0n) is 14.7. The highest BCUT2D eigenvalue weighted by molar-refractivity contribution is 14.1. The standard InChI is InChI=1S/C22H15IN2O3/c23-21-12-17(9-10-22(21)28-15-16-5-2-1-3-6-16)11-19(14-24)18-7-4-8-20(13-18)25(26)27/h1-13H,15H2. The third kappa shape index (κ3) is 4.96. The van der Waals surface area contributed by atoms with E-state index in [1.807, 2.05) is 48.5 Å². The van der Waals surface area contributed by atoms with E-state index in [0.717, 1.165) is 20.4 Å². The van der Waals surface area contributed by atoms with Crippen LogP contribution in [-0.2, 0) is 6.61 Å². The van der Waals surface area contributed by atoms with E-state index in [4.69, 9.17) is 4.74 Å². The molecule has 6 heteroatoms. The topological polar surface area (TPSA) is 76.2 Å². The number of halogens is 1. The van der Waals surface area contributed by atoms with Crippen molar-refractivity contribution in [3.05, 3.63) is 103 Å². The predicted molar refractivity (Wildman–Crippen MR) is 117 cm³/mol. The lowest BCUT2D eigenvalue weighted by molar-refractivity contribution is -0.384. The molecular weight excluding hydrogens is 467 g/mol. The average molecular weight is 482 g/mol. The molecule has 0 aliphatic heterocycles. The molecule has 0 aliphatic carbocycles. The highest BCUT2D eigenvalue weighted by atomic mass is 127. The summed E-state index contributed by atoms with van der Waals surface area (Å²) in [6, 6.07) is 23.7. The van der Waals surface area contributed by atoms with Crippen molar-refractivity contribution in [2.24, 2.45) is 0 Å². The fourth-order valence-corrected chi connectivity index (χ4v) is 3.29. The van der Waals surface area contributed by atoms with Gasteiger partial charge in [-0.2, -0.15) is 5.26 Å². The second kappa shape index (κ2) is 9.15. The first-order valence-electron chi connectivity index (χ1n) is 8.40. The molecule has 0 fully saturated rings.